The third-order valence-electron chi connectivity index (χ3n) is 4.12. The van der Waals surface area contributed by atoms with Crippen LogP contribution in [0.1, 0.15) is 43.5 Å². The summed E-state index contributed by atoms with van der Waals surface area (Å²) >= 11 is 0. The number of aromatic nitrogens is 2. The van der Waals surface area contributed by atoms with Gasteiger partial charge in [-0.15, -0.1) is 0 Å². The molecule has 3 rings (SSSR count). The minimum absolute atomic E-state index is 0.154. The molecule has 0 bridgehead atoms. The highest BCUT2D eigenvalue weighted by molar-refractivity contribution is 5.56. The molecule has 4 nitrogen and oxygen atoms in total. The molecule has 1 saturated carbocycles. The van der Waals surface area contributed by atoms with Gasteiger partial charge in [0.15, 0.2) is 5.82 Å². The molecule has 0 spiro atoms. The Labute approximate surface area is 121 Å². The minimum Gasteiger partial charge on any atom is -0.334 e. The van der Waals surface area contributed by atoms with Gasteiger partial charge in [-0.1, -0.05) is 30.5 Å². The van der Waals surface area contributed by atoms with Crippen molar-refractivity contribution in [3.8, 4) is 11.5 Å². The molecule has 1 fully saturated rings. The molecule has 1 aliphatic carbocycles. The van der Waals surface area contributed by atoms with Gasteiger partial charge in [-0.05, 0) is 31.4 Å². The van der Waals surface area contributed by atoms with Crippen molar-refractivity contribution >= 4 is 0 Å². The first kappa shape index (κ1) is 14.1. The van der Waals surface area contributed by atoms with Gasteiger partial charge in [-0.25, -0.2) is 8.78 Å². The van der Waals surface area contributed by atoms with E-state index in [0.717, 1.165) is 32.1 Å². The van der Waals surface area contributed by atoms with Crippen LogP contribution in [-0.2, 0) is 5.54 Å². The summed E-state index contributed by atoms with van der Waals surface area (Å²) in [4.78, 5) is 4.16. The van der Waals surface area contributed by atoms with E-state index in [9.17, 15) is 8.78 Å². The number of hydrogen-bond acceptors (Lipinski definition) is 4. The lowest BCUT2D eigenvalue weighted by atomic mass is 9.82. The molecule has 0 radical (unpaired) electrons. The molecule has 0 saturated heterocycles. The van der Waals surface area contributed by atoms with Crippen LogP contribution in [0, 0.1) is 18.6 Å². The first-order valence-electron chi connectivity index (χ1n) is 7.09. The molecule has 1 aliphatic rings. The quantitative estimate of drug-likeness (QED) is 0.921. The molecule has 0 unspecified atom stereocenters. The van der Waals surface area contributed by atoms with Crippen LogP contribution in [0.15, 0.2) is 16.7 Å². The summed E-state index contributed by atoms with van der Waals surface area (Å²) in [5.74, 6) is -1.22. The highest BCUT2D eigenvalue weighted by Crippen LogP contribution is 2.35. The Morgan fingerprint density at radius 3 is 2.62 bits per heavy atom. The zero-order valence-electron chi connectivity index (χ0n) is 11.8. The smallest absolute Gasteiger partial charge is 0.263 e. The van der Waals surface area contributed by atoms with Gasteiger partial charge in [0.2, 0.25) is 0 Å². The van der Waals surface area contributed by atoms with E-state index in [0.29, 0.717) is 11.4 Å². The van der Waals surface area contributed by atoms with Crippen molar-refractivity contribution in [1.82, 2.24) is 10.1 Å². The summed E-state index contributed by atoms with van der Waals surface area (Å²) in [6.07, 6.45) is 4.63. The first-order valence-corrected chi connectivity index (χ1v) is 7.09. The van der Waals surface area contributed by atoms with Crippen LogP contribution in [-0.4, -0.2) is 10.1 Å². The Morgan fingerprint density at radius 1 is 1.19 bits per heavy atom. The Hall–Kier alpha value is -1.82. The number of aryl methyl sites for hydroxylation is 1. The van der Waals surface area contributed by atoms with Crippen LogP contribution < -0.4 is 5.73 Å². The van der Waals surface area contributed by atoms with E-state index in [4.69, 9.17) is 10.3 Å². The second kappa shape index (κ2) is 5.18. The fourth-order valence-electron chi connectivity index (χ4n) is 2.79. The first-order chi connectivity index (χ1) is 10.0. The zero-order chi connectivity index (χ0) is 15.0. The van der Waals surface area contributed by atoms with Gasteiger partial charge in [0.25, 0.3) is 5.89 Å². The molecule has 1 aromatic heterocycles. The second-order valence-corrected chi connectivity index (χ2v) is 5.69. The Balaban J connectivity index is 2.01. The molecule has 21 heavy (non-hydrogen) atoms. The fraction of sp³-hybridized carbons (Fsp3) is 0.467. The van der Waals surface area contributed by atoms with Gasteiger partial charge in [-0.3, -0.25) is 0 Å². The normalized spacial score (nSPS) is 17.9. The standard InChI is InChI=1S/C15H17F2N3O/c1-9-5-6-10(16)11(12(9)17)13-19-14(20-21-13)15(18)7-3-2-4-8-15/h5-6H,2-4,7-8,18H2,1H3. The lowest BCUT2D eigenvalue weighted by Gasteiger charge is -2.29. The summed E-state index contributed by atoms with van der Waals surface area (Å²) in [7, 11) is 0. The van der Waals surface area contributed by atoms with Gasteiger partial charge in [0, 0.05) is 0 Å². The Morgan fingerprint density at radius 2 is 1.90 bits per heavy atom. The lowest BCUT2D eigenvalue weighted by Crippen LogP contribution is -2.39. The van der Waals surface area contributed by atoms with Crippen LogP contribution in [0.25, 0.3) is 11.5 Å². The SMILES string of the molecule is Cc1ccc(F)c(-c2nc(C3(N)CCCCC3)no2)c1F. The van der Waals surface area contributed by atoms with Gasteiger partial charge < -0.3 is 10.3 Å². The van der Waals surface area contributed by atoms with Crippen molar-refractivity contribution in [2.45, 2.75) is 44.6 Å². The second-order valence-electron chi connectivity index (χ2n) is 5.69. The molecule has 1 heterocycles. The predicted octanol–water partition coefficient (Wildman–Crippen LogP) is 3.44. The molecule has 6 heteroatoms. The molecule has 2 aromatic rings. The van der Waals surface area contributed by atoms with E-state index in [-0.39, 0.29) is 11.5 Å². The molecule has 0 amide bonds. The fourth-order valence-corrected chi connectivity index (χ4v) is 2.79. The summed E-state index contributed by atoms with van der Waals surface area (Å²) in [6, 6.07) is 2.56. The number of benzene rings is 1. The summed E-state index contributed by atoms with van der Waals surface area (Å²) in [5.41, 5.74) is 5.69. The topological polar surface area (TPSA) is 64.9 Å². The average molecular weight is 293 g/mol. The molecular weight excluding hydrogens is 276 g/mol. The van der Waals surface area contributed by atoms with Crippen LogP contribution >= 0.6 is 0 Å². The molecule has 1 aromatic carbocycles. The third kappa shape index (κ3) is 2.44. The van der Waals surface area contributed by atoms with E-state index in [1.807, 2.05) is 0 Å². The van der Waals surface area contributed by atoms with Crippen molar-refractivity contribution in [2.75, 3.05) is 0 Å². The van der Waals surface area contributed by atoms with Crippen LogP contribution in [0.3, 0.4) is 0 Å². The number of halogens is 2. The maximum atomic E-state index is 14.1. The number of hydrogen-bond donors (Lipinski definition) is 1. The monoisotopic (exact) mass is 293 g/mol. The Kier molecular flexibility index (Phi) is 3.49. The van der Waals surface area contributed by atoms with E-state index in [1.54, 1.807) is 6.92 Å². The number of nitrogens with two attached hydrogens (primary N) is 1. The largest absolute Gasteiger partial charge is 0.334 e. The number of nitrogens with zero attached hydrogens (tertiary/aromatic N) is 2. The van der Waals surface area contributed by atoms with Crippen LogP contribution in [0.5, 0.6) is 0 Å². The van der Waals surface area contributed by atoms with E-state index < -0.39 is 17.2 Å². The maximum absolute atomic E-state index is 14.1. The Bertz CT molecular complexity index is 663. The molecular formula is C15H17F2N3O. The number of rotatable bonds is 2. The van der Waals surface area contributed by atoms with Crippen molar-refractivity contribution < 1.29 is 13.3 Å². The lowest BCUT2D eigenvalue weighted by molar-refractivity contribution is 0.275. The van der Waals surface area contributed by atoms with Gasteiger partial charge in [0.05, 0.1) is 5.54 Å². The molecule has 112 valence electrons. The van der Waals surface area contributed by atoms with Crippen molar-refractivity contribution in [3.05, 3.63) is 35.2 Å². The van der Waals surface area contributed by atoms with E-state index in [1.165, 1.54) is 12.1 Å². The molecule has 2 N–H and O–H groups in total. The minimum atomic E-state index is -0.719. The van der Waals surface area contributed by atoms with Gasteiger partial charge >= 0.3 is 0 Å². The van der Waals surface area contributed by atoms with Crippen LogP contribution in [0.4, 0.5) is 8.78 Å². The third-order valence-corrected chi connectivity index (χ3v) is 4.12. The van der Waals surface area contributed by atoms with Gasteiger partial charge in [-0.2, -0.15) is 4.98 Å². The molecule has 0 atom stereocenters. The van der Waals surface area contributed by atoms with Crippen molar-refractivity contribution in [2.24, 2.45) is 5.73 Å². The summed E-state index contributed by atoms with van der Waals surface area (Å²) in [6.45, 7) is 1.56. The summed E-state index contributed by atoms with van der Waals surface area (Å²) in [5, 5.41) is 3.86. The van der Waals surface area contributed by atoms with Crippen molar-refractivity contribution in [3.63, 3.8) is 0 Å². The average Bonchev–Trinajstić information content (AvgIpc) is 2.95. The predicted molar refractivity (Wildman–Crippen MR) is 73.3 cm³/mol. The van der Waals surface area contributed by atoms with Gasteiger partial charge in [0.1, 0.15) is 17.2 Å². The van der Waals surface area contributed by atoms with E-state index >= 15 is 0 Å². The summed E-state index contributed by atoms with van der Waals surface area (Å²) < 4.78 is 33.0. The highest BCUT2D eigenvalue weighted by atomic mass is 19.1. The molecule has 0 aliphatic heterocycles. The zero-order valence-corrected chi connectivity index (χ0v) is 11.8. The van der Waals surface area contributed by atoms with Crippen molar-refractivity contribution in [1.29, 1.82) is 0 Å². The highest BCUT2D eigenvalue weighted by Gasteiger charge is 2.35. The maximum Gasteiger partial charge on any atom is 0.263 e. The van der Waals surface area contributed by atoms with E-state index in [2.05, 4.69) is 10.1 Å². The van der Waals surface area contributed by atoms with Crippen LogP contribution in [0.2, 0.25) is 0 Å².